The van der Waals surface area contributed by atoms with E-state index < -0.39 is 0 Å². The average molecular weight is 730 g/mol. The summed E-state index contributed by atoms with van der Waals surface area (Å²) in [5.41, 5.74) is 11.2. The first-order chi connectivity index (χ1) is 28.2. The predicted octanol–water partition coefficient (Wildman–Crippen LogP) is 13.0. The molecule has 8 aromatic carbocycles. The van der Waals surface area contributed by atoms with Crippen LogP contribution >= 0.6 is 0 Å². The Morgan fingerprint density at radius 1 is 0.316 bits per heavy atom. The van der Waals surface area contributed by atoms with E-state index in [1.165, 1.54) is 10.8 Å². The van der Waals surface area contributed by atoms with Crippen molar-refractivity contribution in [3.8, 4) is 45.5 Å². The van der Waals surface area contributed by atoms with Crippen LogP contribution in [0.4, 0.5) is 0 Å². The van der Waals surface area contributed by atoms with Gasteiger partial charge >= 0.3 is 0 Å². The quantitative estimate of drug-likeness (QED) is 0.177. The van der Waals surface area contributed by atoms with Gasteiger partial charge in [0.05, 0.1) is 22.1 Å². The minimum Gasteiger partial charge on any atom is -0.456 e. The molecule has 6 nitrogen and oxygen atoms in total. The van der Waals surface area contributed by atoms with Crippen LogP contribution in [0, 0.1) is 0 Å². The number of para-hydroxylation sites is 4. The van der Waals surface area contributed by atoms with E-state index >= 15 is 0 Å². The zero-order valence-corrected chi connectivity index (χ0v) is 30.5. The minimum atomic E-state index is 0.560. The van der Waals surface area contributed by atoms with Crippen LogP contribution in [0.25, 0.3) is 111 Å². The zero-order chi connectivity index (χ0) is 37.5. The fourth-order valence-electron chi connectivity index (χ4n) is 8.55. The Bertz CT molecular complexity index is 3520. The molecule has 0 saturated carbocycles. The lowest BCUT2D eigenvalue weighted by atomic mass is 10.0. The zero-order valence-electron chi connectivity index (χ0n) is 30.5. The topological polar surface area (TPSA) is 61.7 Å². The van der Waals surface area contributed by atoms with Crippen LogP contribution < -0.4 is 0 Å². The maximum atomic E-state index is 6.27. The summed E-state index contributed by atoms with van der Waals surface area (Å²) < 4.78 is 10.8. The van der Waals surface area contributed by atoms with Gasteiger partial charge in [0.15, 0.2) is 11.6 Å². The van der Waals surface area contributed by atoms with Gasteiger partial charge in [0.2, 0.25) is 5.95 Å². The molecule has 4 heterocycles. The van der Waals surface area contributed by atoms with E-state index in [2.05, 4.69) is 167 Å². The Hall–Kier alpha value is -7.83. The molecule has 6 heteroatoms. The van der Waals surface area contributed by atoms with Gasteiger partial charge in [0.1, 0.15) is 11.2 Å². The molecule has 266 valence electrons. The van der Waals surface area contributed by atoms with Crippen molar-refractivity contribution in [1.82, 2.24) is 24.1 Å². The van der Waals surface area contributed by atoms with Crippen molar-refractivity contribution >= 4 is 65.6 Å². The van der Waals surface area contributed by atoms with E-state index in [9.17, 15) is 0 Å². The van der Waals surface area contributed by atoms with Crippen molar-refractivity contribution in [2.45, 2.75) is 0 Å². The van der Waals surface area contributed by atoms with Crippen LogP contribution in [0.15, 0.2) is 192 Å². The summed E-state index contributed by atoms with van der Waals surface area (Å²) in [5.74, 6) is 1.78. The summed E-state index contributed by atoms with van der Waals surface area (Å²) in [6, 6.07) is 65.6. The first-order valence-corrected chi connectivity index (χ1v) is 19.1. The lowest BCUT2D eigenvalue weighted by Gasteiger charge is -2.12. The average Bonchev–Trinajstić information content (AvgIpc) is 3.93. The van der Waals surface area contributed by atoms with E-state index in [0.717, 1.165) is 82.7 Å². The lowest BCUT2D eigenvalue weighted by Crippen LogP contribution is -2.06. The summed E-state index contributed by atoms with van der Waals surface area (Å²) in [7, 11) is 0. The molecule has 0 spiro atoms. The highest BCUT2D eigenvalue weighted by atomic mass is 16.3. The van der Waals surface area contributed by atoms with Gasteiger partial charge in [0, 0.05) is 49.1 Å². The van der Waals surface area contributed by atoms with Gasteiger partial charge in [-0.3, -0.25) is 4.57 Å². The van der Waals surface area contributed by atoms with Crippen molar-refractivity contribution in [1.29, 1.82) is 0 Å². The Morgan fingerprint density at radius 2 is 0.860 bits per heavy atom. The Kier molecular flexibility index (Phi) is 6.83. The molecule has 12 rings (SSSR count). The Labute approximate surface area is 326 Å². The Morgan fingerprint density at radius 3 is 1.67 bits per heavy atom. The van der Waals surface area contributed by atoms with E-state index in [-0.39, 0.29) is 0 Å². The summed E-state index contributed by atoms with van der Waals surface area (Å²) in [4.78, 5) is 15.6. The molecule has 0 aliphatic carbocycles. The van der Waals surface area contributed by atoms with E-state index in [4.69, 9.17) is 19.4 Å². The van der Waals surface area contributed by atoms with Crippen LogP contribution in [-0.4, -0.2) is 24.1 Å². The third-order valence-corrected chi connectivity index (χ3v) is 11.2. The van der Waals surface area contributed by atoms with Gasteiger partial charge in [-0.05, 0) is 71.8 Å². The van der Waals surface area contributed by atoms with E-state index in [1.54, 1.807) is 0 Å². The number of rotatable bonds is 5. The minimum absolute atomic E-state index is 0.560. The fraction of sp³-hybridized carbons (Fsp3) is 0. The molecule has 4 aromatic heterocycles. The highest BCUT2D eigenvalue weighted by molar-refractivity contribution is 6.12. The molecular weight excluding hydrogens is 699 g/mol. The maximum absolute atomic E-state index is 6.27. The SMILES string of the molecule is c1ccc(-c2nc(-c3ccc4c5ccccc5n(-c5ccccc5)c4c3)nc(-n3c4ccccc4c4cc(-c5ccc6c(c5)oc5ccccc56)ccc43)n2)cc1. The van der Waals surface area contributed by atoms with Crippen molar-refractivity contribution in [3.63, 3.8) is 0 Å². The highest BCUT2D eigenvalue weighted by Crippen LogP contribution is 2.38. The molecule has 0 amide bonds. The normalized spacial score (nSPS) is 11.9. The van der Waals surface area contributed by atoms with Crippen LogP contribution in [0.5, 0.6) is 0 Å². The number of furan rings is 1. The summed E-state index contributed by atoms with van der Waals surface area (Å²) in [6.45, 7) is 0. The van der Waals surface area contributed by atoms with Crippen molar-refractivity contribution in [2.75, 3.05) is 0 Å². The van der Waals surface area contributed by atoms with Gasteiger partial charge < -0.3 is 8.98 Å². The first-order valence-electron chi connectivity index (χ1n) is 19.1. The van der Waals surface area contributed by atoms with Gasteiger partial charge in [-0.15, -0.1) is 0 Å². The number of aromatic nitrogens is 5. The molecule has 0 unspecified atom stereocenters. The highest BCUT2D eigenvalue weighted by Gasteiger charge is 2.20. The fourth-order valence-corrected chi connectivity index (χ4v) is 8.55. The molecule has 12 aromatic rings. The van der Waals surface area contributed by atoms with Gasteiger partial charge in [0.25, 0.3) is 0 Å². The molecule has 0 bridgehead atoms. The third kappa shape index (κ3) is 4.94. The van der Waals surface area contributed by atoms with Crippen LogP contribution in [-0.2, 0) is 0 Å². The lowest BCUT2D eigenvalue weighted by molar-refractivity contribution is 0.669. The van der Waals surface area contributed by atoms with Crippen molar-refractivity contribution in [3.05, 3.63) is 188 Å². The van der Waals surface area contributed by atoms with E-state index in [0.29, 0.717) is 17.6 Å². The molecule has 0 fully saturated rings. The molecular formula is C51H31N5O. The second kappa shape index (κ2) is 12.3. The monoisotopic (exact) mass is 729 g/mol. The predicted molar refractivity (Wildman–Crippen MR) is 232 cm³/mol. The number of hydrogen-bond donors (Lipinski definition) is 0. The van der Waals surface area contributed by atoms with Crippen molar-refractivity contribution < 1.29 is 4.42 Å². The second-order valence-electron chi connectivity index (χ2n) is 14.5. The van der Waals surface area contributed by atoms with E-state index in [1.807, 2.05) is 30.3 Å². The van der Waals surface area contributed by atoms with Gasteiger partial charge in [-0.2, -0.15) is 9.97 Å². The standard InChI is InChI=1S/C51H31N5O/c1-3-13-32(14-4-1)49-52-50(35-24-26-39-37-17-7-10-20-43(37)55(46(39)30-35)36-15-5-2-6-16-36)54-51(53-49)56-44-21-11-8-18-38(44)42-29-33(25-28-45(42)56)34-23-27-41-40-19-9-12-22-47(40)57-48(41)31-34/h1-31H. The smallest absolute Gasteiger partial charge is 0.238 e. The third-order valence-electron chi connectivity index (χ3n) is 11.2. The van der Waals surface area contributed by atoms with Crippen molar-refractivity contribution in [2.24, 2.45) is 0 Å². The molecule has 0 N–H and O–H groups in total. The van der Waals surface area contributed by atoms with Gasteiger partial charge in [-0.25, -0.2) is 4.98 Å². The molecule has 0 aliphatic rings. The maximum Gasteiger partial charge on any atom is 0.238 e. The molecule has 0 radical (unpaired) electrons. The van der Waals surface area contributed by atoms with Crippen LogP contribution in [0.2, 0.25) is 0 Å². The molecule has 57 heavy (non-hydrogen) atoms. The molecule has 0 saturated heterocycles. The number of hydrogen-bond acceptors (Lipinski definition) is 4. The van der Waals surface area contributed by atoms with Crippen LogP contribution in [0.1, 0.15) is 0 Å². The molecule has 0 atom stereocenters. The summed E-state index contributed by atoms with van der Waals surface area (Å²) >= 11 is 0. The Balaban J connectivity index is 1.06. The first kappa shape index (κ1) is 31.5. The number of nitrogens with zero attached hydrogens (tertiary/aromatic N) is 5. The molecule has 0 aliphatic heterocycles. The largest absolute Gasteiger partial charge is 0.456 e. The second-order valence-corrected chi connectivity index (χ2v) is 14.5. The number of benzene rings is 8. The summed E-state index contributed by atoms with van der Waals surface area (Å²) in [6.07, 6.45) is 0. The number of fused-ring (bicyclic) bond motifs is 9. The summed E-state index contributed by atoms with van der Waals surface area (Å²) in [5, 5.41) is 6.86. The van der Waals surface area contributed by atoms with Crippen LogP contribution in [0.3, 0.4) is 0 Å². The van der Waals surface area contributed by atoms with Gasteiger partial charge in [-0.1, -0.05) is 127 Å².